The number of hydrogen-bond donors (Lipinski definition) is 1. The third-order valence-corrected chi connectivity index (χ3v) is 6.83. The Kier molecular flexibility index (Phi) is 8.88. The molecular formula is C21H30ClIN6S. The Hall–Kier alpha value is -1.26. The number of nitrogens with zero attached hydrogens (tertiary/aromatic N) is 5. The van der Waals surface area contributed by atoms with E-state index in [1.54, 1.807) is 11.3 Å². The fourth-order valence-electron chi connectivity index (χ4n) is 3.97. The third-order valence-electron chi connectivity index (χ3n) is 5.56. The lowest BCUT2D eigenvalue weighted by atomic mass is 10.2. The normalized spacial score (nSPS) is 17.3. The molecule has 9 heteroatoms. The molecule has 0 saturated carbocycles. The summed E-state index contributed by atoms with van der Waals surface area (Å²) in [6, 6.07) is 8.07. The Bertz CT molecular complexity index is 830. The lowest BCUT2D eigenvalue weighted by Crippen LogP contribution is -2.52. The molecule has 2 aliphatic rings. The molecule has 0 aliphatic carbocycles. The number of para-hydroxylation sites is 1. The van der Waals surface area contributed by atoms with Crippen LogP contribution in [0.2, 0.25) is 5.02 Å². The number of hydrogen-bond acceptors (Lipinski definition) is 5. The summed E-state index contributed by atoms with van der Waals surface area (Å²) in [4.78, 5) is 16.4. The maximum atomic E-state index is 6.35. The van der Waals surface area contributed by atoms with Crippen LogP contribution >= 0.6 is 46.9 Å². The second-order valence-corrected chi connectivity index (χ2v) is 8.71. The van der Waals surface area contributed by atoms with Crippen molar-refractivity contribution in [3.8, 4) is 0 Å². The Morgan fingerprint density at radius 1 is 1.10 bits per heavy atom. The highest BCUT2D eigenvalue weighted by molar-refractivity contribution is 14.0. The summed E-state index contributed by atoms with van der Waals surface area (Å²) in [6.07, 6.45) is 3.50. The van der Waals surface area contributed by atoms with Gasteiger partial charge >= 0.3 is 0 Å². The molecular weight excluding hydrogens is 531 g/mol. The Morgan fingerprint density at radius 2 is 1.83 bits per heavy atom. The molecule has 0 amide bonds. The summed E-state index contributed by atoms with van der Waals surface area (Å²) < 4.78 is 0. The molecule has 0 unspecified atom stereocenters. The Balaban J connectivity index is 0.00000256. The molecule has 2 saturated heterocycles. The van der Waals surface area contributed by atoms with Gasteiger partial charge in [-0.3, -0.25) is 4.99 Å². The van der Waals surface area contributed by atoms with Gasteiger partial charge in [-0.2, -0.15) is 0 Å². The maximum absolute atomic E-state index is 6.35. The molecule has 164 valence electrons. The van der Waals surface area contributed by atoms with Crippen molar-refractivity contribution in [1.29, 1.82) is 0 Å². The predicted octanol–water partition coefficient (Wildman–Crippen LogP) is 3.95. The van der Waals surface area contributed by atoms with Crippen molar-refractivity contribution in [2.75, 3.05) is 62.7 Å². The minimum absolute atomic E-state index is 0. The van der Waals surface area contributed by atoms with Crippen molar-refractivity contribution in [1.82, 2.24) is 15.2 Å². The van der Waals surface area contributed by atoms with Crippen LogP contribution in [0.25, 0.3) is 0 Å². The van der Waals surface area contributed by atoms with Gasteiger partial charge in [0.2, 0.25) is 0 Å². The molecule has 2 fully saturated rings. The van der Waals surface area contributed by atoms with Crippen LogP contribution in [0.5, 0.6) is 0 Å². The number of halogens is 2. The SMILES string of the molecule is CN=C(NCCc1csc(N2CCCC2)n1)N1CCN(c2ccccc2Cl)CC1.I. The molecule has 0 radical (unpaired) electrons. The molecule has 1 aromatic carbocycles. The molecule has 1 aromatic heterocycles. The van der Waals surface area contributed by atoms with Crippen molar-refractivity contribution in [2.24, 2.45) is 4.99 Å². The quantitative estimate of drug-likeness (QED) is 0.341. The number of nitrogens with one attached hydrogen (secondary N) is 1. The number of guanidine groups is 1. The highest BCUT2D eigenvalue weighted by Crippen LogP contribution is 2.26. The maximum Gasteiger partial charge on any atom is 0.193 e. The minimum Gasteiger partial charge on any atom is -0.367 e. The molecule has 6 nitrogen and oxygen atoms in total. The van der Waals surface area contributed by atoms with Gasteiger partial charge in [0.1, 0.15) is 0 Å². The zero-order valence-corrected chi connectivity index (χ0v) is 21.3. The van der Waals surface area contributed by atoms with Gasteiger partial charge in [0.25, 0.3) is 0 Å². The van der Waals surface area contributed by atoms with Crippen LogP contribution in [0.4, 0.5) is 10.8 Å². The van der Waals surface area contributed by atoms with E-state index >= 15 is 0 Å². The standard InChI is InChI=1S/C21H29ClN6S.HI/c1-23-20(24-9-8-17-16-29-21(25-17)28-10-4-5-11-28)27-14-12-26(13-15-27)19-7-3-2-6-18(19)22;/h2-3,6-7,16H,4-5,8-15H2,1H3,(H,23,24);1H. The average Bonchev–Trinajstić information content (AvgIpc) is 3.44. The second-order valence-electron chi connectivity index (χ2n) is 7.47. The first-order valence-corrected chi connectivity index (χ1v) is 11.6. The van der Waals surface area contributed by atoms with Gasteiger partial charge in [-0.25, -0.2) is 4.98 Å². The molecule has 0 bridgehead atoms. The van der Waals surface area contributed by atoms with E-state index in [0.29, 0.717) is 0 Å². The van der Waals surface area contributed by atoms with Crippen molar-refractivity contribution in [2.45, 2.75) is 19.3 Å². The number of piperazine rings is 1. The van der Waals surface area contributed by atoms with Crippen LogP contribution in [-0.2, 0) is 6.42 Å². The van der Waals surface area contributed by atoms with Crippen molar-refractivity contribution >= 4 is 63.7 Å². The topological polar surface area (TPSA) is 47.0 Å². The van der Waals surface area contributed by atoms with E-state index in [-0.39, 0.29) is 24.0 Å². The predicted molar refractivity (Wildman–Crippen MR) is 139 cm³/mol. The fourth-order valence-corrected chi connectivity index (χ4v) is 5.14. The Morgan fingerprint density at radius 3 is 2.53 bits per heavy atom. The third kappa shape index (κ3) is 5.70. The van der Waals surface area contributed by atoms with Crippen molar-refractivity contribution in [3.05, 3.63) is 40.4 Å². The van der Waals surface area contributed by atoms with E-state index in [2.05, 4.69) is 36.5 Å². The van der Waals surface area contributed by atoms with Crippen molar-refractivity contribution < 1.29 is 0 Å². The molecule has 2 aliphatic heterocycles. The highest BCUT2D eigenvalue weighted by Gasteiger charge is 2.21. The number of aliphatic imine (C=N–C) groups is 1. The van der Waals surface area contributed by atoms with E-state index in [1.807, 2.05) is 25.2 Å². The smallest absolute Gasteiger partial charge is 0.193 e. The molecule has 4 rings (SSSR count). The fraction of sp³-hybridized carbons (Fsp3) is 0.524. The first kappa shape index (κ1) is 23.4. The van der Waals surface area contributed by atoms with Gasteiger partial charge in [-0.05, 0) is 25.0 Å². The summed E-state index contributed by atoms with van der Waals surface area (Å²) in [7, 11) is 1.86. The summed E-state index contributed by atoms with van der Waals surface area (Å²) in [5.41, 5.74) is 2.29. The summed E-state index contributed by atoms with van der Waals surface area (Å²) in [6.45, 7) is 6.89. The van der Waals surface area contributed by atoms with Crippen LogP contribution in [0, 0.1) is 0 Å². The summed E-state index contributed by atoms with van der Waals surface area (Å²) in [5.74, 6) is 0.971. The van der Waals surface area contributed by atoms with E-state index < -0.39 is 0 Å². The van der Waals surface area contributed by atoms with Crippen LogP contribution in [0.15, 0.2) is 34.6 Å². The summed E-state index contributed by atoms with van der Waals surface area (Å²) >= 11 is 8.12. The molecule has 2 aromatic rings. The molecule has 0 spiro atoms. The molecule has 30 heavy (non-hydrogen) atoms. The van der Waals surface area contributed by atoms with Crippen LogP contribution < -0.4 is 15.1 Å². The lowest BCUT2D eigenvalue weighted by molar-refractivity contribution is 0.373. The second kappa shape index (κ2) is 11.4. The van der Waals surface area contributed by atoms with Gasteiger partial charge in [-0.15, -0.1) is 35.3 Å². The molecule has 0 atom stereocenters. The molecule has 3 heterocycles. The summed E-state index contributed by atoms with van der Waals surface area (Å²) in [5, 5.41) is 7.71. The van der Waals surface area contributed by atoms with E-state index in [0.717, 1.165) is 68.9 Å². The van der Waals surface area contributed by atoms with Gasteiger partial charge in [-0.1, -0.05) is 23.7 Å². The van der Waals surface area contributed by atoms with Crippen LogP contribution in [0.3, 0.4) is 0 Å². The minimum atomic E-state index is 0. The van der Waals surface area contributed by atoms with Crippen LogP contribution in [0.1, 0.15) is 18.5 Å². The Labute approximate surface area is 205 Å². The van der Waals surface area contributed by atoms with Gasteiger partial charge < -0.3 is 20.0 Å². The number of benzene rings is 1. The number of rotatable bonds is 5. The van der Waals surface area contributed by atoms with Gasteiger partial charge in [0.15, 0.2) is 11.1 Å². The number of thiazole rings is 1. The zero-order valence-electron chi connectivity index (χ0n) is 17.4. The van der Waals surface area contributed by atoms with E-state index in [4.69, 9.17) is 16.6 Å². The van der Waals surface area contributed by atoms with E-state index in [1.165, 1.54) is 23.7 Å². The van der Waals surface area contributed by atoms with Crippen molar-refractivity contribution in [3.63, 3.8) is 0 Å². The first-order valence-electron chi connectivity index (χ1n) is 10.4. The highest BCUT2D eigenvalue weighted by atomic mass is 127. The van der Waals surface area contributed by atoms with E-state index in [9.17, 15) is 0 Å². The van der Waals surface area contributed by atoms with Crippen LogP contribution in [-0.4, -0.2) is 68.7 Å². The largest absolute Gasteiger partial charge is 0.367 e. The number of anilines is 2. The monoisotopic (exact) mass is 560 g/mol. The van der Waals surface area contributed by atoms with Gasteiger partial charge in [0.05, 0.1) is 16.4 Å². The average molecular weight is 561 g/mol. The molecule has 1 N–H and O–H groups in total. The zero-order chi connectivity index (χ0) is 20.1. The van der Waals surface area contributed by atoms with Gasteiger partial charge in [0, 0.05) is 64.7 Å². The first-order chi connectivity index (χ1) is 14.2. The number of aromatic nitrogens is 1. The lowest BCUT2D eigenvalue weighted by Gasteiger charge is -2.38.